The molecule has 0 aliphatic heterocycles. The van der Waals surface area contributed by atoms with Crippen LogP contribution < -0.4 is 0 Å². The molecule has 0 spiro atoms. The van der Waals surface area contributed by atoms with Gasteiger partial charge in [0.05, 0.1) is 5.25 Å². The summed E-state index contributed by atoms with van der Waals surface area (Å²) < 4.78 is 35.7. The highest BCUT2D eigenvalue weighted by atomic mass is 32.2. The molecule has 0 rings (SSSR count). The van der Waals surface area contributed by atoms with Gasteiger partial charge in [-0.1, -0.05) is 6.92 Å². The maximum absolute atomic E-state index is 13.3. The molecule has 0 amide bonds. The first kappa shape index (κ1) is 10.9. The fraction of sp³-hybridized carbons (Fsp3) is 1.00. The second-order valence-corrected chi connectivity index (χ2v) is 5.93. The van der Waals surface area contributed by atoms with Crippen LogP contribution in [0.25, 0.3) is 0 Å². The molecule has 0 aromatic heterocycles. The van der Waals surface area contributed by atoms with Gasteiger partial charge in [-0.25, -0.2) is 12.8 Å². The van der Waals surface area contributed by atoms with E-state index in [4.69, 9.17) is 0 Å². The zero-order valence-corrected chi connectivity index (χ0v) is 8.20. The molecule has 0 fully saturated rings. The average molecular weight is 182 g/mol. The standard InChI is InChI=1S/C7H15FO2S/c1-5-7(4,8)11(9,10)6(2)3/h6H,5H2,1-4H3. The van der Waals surface area contributed by atoms with Gasteiger partial charge in [0.15, 0.2) is 9.84 Å². The van der Waals surface area contributed by atoms with Gasteiger partial charge in [-0.15, -0.1) is 0 Å². The predicted octanol–water partition coefficient (Wildman–Crippen LogP) is 1.91. The SMILES string of the molecule is CCC(C)(F)S(=O)(=O)C(C)C. The van der Waals surface area contributed by atoms with E-state index in [0.29, 0.717) is 0 Å². The Hall–Kier alpha value is -0.120. The summed E-state index contributed by atoms with van der Waals surface area (Å²) >= 11 is 0. The van der Waals surface area contributed by atoms with Crippen LogP contribution in [0.4, 0.5) is 4.39 Å². The summed E-state index contributed by atoms with van der Waals surface area (Å²) in [7, 11) is -3.59. The van der Waals surface area contributed by atoms with Gasteiger partial charge < -0.3 is 0 Å². The van der Waals surface area contributed by atoms with Crippen molar-refractivity contribution < 1.29 is 12.8 Å². The van der Waals surface area contributed by atoms with Gasteiger partial charge in [0, 0.05) is 0 Å². The first-order valence-corrected chi connectivity index (χ1v) is 5.22. The molecular weight excluding hydrogens is 167 g/mol. The number of sulfone groups is 1. The van der Waals surface area contributed by atoms with E-state index < -0.39 is 20.1 Å². The average Bonchev–Trinajstić information content (AvgIpc) is 1.87. The highest BCUT2D eigenvalue weighted by molar-refractivity contribution is 7.93. The van der Waals surface area contributed by atoms with E-state index in [1.165, 1.54) is 20.8 Å². The minimum absolute atomic E-state index is 0.00745. The van der Waals surface area contributed by atoms with Crippen LogP contribution in [0.15, 0.2) is 0 Å². The van der Waals surface area contributed by atoms with Crippen molar-refractivity contribution in [3.05, 3.63) is 0 Å². The van der Waals surface area contributed by atoms with E-state index in [-0.39, 0.29) is 6.42 Å². The van der Waals surface area contributed by atoms with Crippen LogP contribution in [-0.4, -0.2) is 18.7 Å². The summed E-state index contributed by atoms with van der Waals surface area (Å²) in [5.41, 5.74) is 0. The van der Waals surface area contributed by atoms with Crippen molar-refractivity contribution in [2.45, 2.75) is 44.4 Å². The fourth-order valence-corrected chi connectivity index (χ4v) is 2.08. The highest BCUT2D eigenvalue weighted by Crippen LogP contribution is 2.26. The molecule has 0 saturated heterocycles. The van der Waals surface area contributed by atoms with Crippen molar-refractivity contribution in [3.8, 4) is 0 Å². The number of hydrogen-bond donors (Lipinski definition) is 0. The van der Waals surface area contributed by atoms with Gasteiger partial charge in [0.2, 0.25) is 5.00 Å². The fourth-order valence-electron chi connectivity index (χ4n) is 0.693. The van der Waals surface area contributed by atoms with E-state index in [0.717, 1.165) is 6.92 Å². The second kappa shape index (κ2) is 3.09. The number of hydrogen-bond acceptors (Lipinski definition) is 2. The Bertz CT molecular complexity index is 217. The van der Waals surface area contributed by atoms with Gasteiger partial charge in [0.1, 0.15) is 0 Å². The Morgan fingerprint density at radius 2 is 1.82 bits per heavy atom. The van der Waals surface area contributed by atoms with Crippen LogP contribution in [-0.2, 0) is 9.84 Å². The van der Waals surface area contributed by atoms with E-state index in [1.54, 1.807) is 0 Å². The van der Waals surface area contributed by atoms with Crippen LogP contribution in [0.1, 0.15) is 34.1 Å². The molecule has 0 aromatic carbocycles. The minimum Gasteiger partial charge on any atom is -0.227 e. The molecule has 0 radical (unpaired) electrons. The molecule has 0 saturated carbocycles. The third kappa shape index (κ3) is 1.92. The maximum atomic E-state index is 13.3. The molecule has 4 heteroatoms. The second-order valence-electron chi connectivity index (χ2n) is 3.05. The monoisotopic (exact) mass is 182 g/mol. The molecule has 2 nitrogen and oxygen atoms in total. The Morgan fingerprint density at radius 3 is 1.91 bits per heavy atom. The molecule has 0 aromatic rings. The summed E-state index contributed by atoms with van der Waals surface area (Å²) in [5, 5.41) is -2.71. The maximum Gasteiger partial charge on any atom is 0.208 e. The molecular formula is C7H15FO2S. The lowest BCUT2D eigenvalue weighted by atomic mass is 10.3. The quantitative estimate of drug-likeness (QED) is 0.668. The van der Waals surface area contributed by atoms with Crippen LogP contribution in [0, 0.1) is 0 Å². The Kier molecular flexibility index (Phi) is 3.06. The lowest BCUT2D eigenvalue weighted by molar-refractivity contribution is 0.282. The van der Waals surface area contributed by atoms with Crippen molar-refractivity contribution >= 4 is 9.84 Å². The van der Waals surface area contributed by atoms with Gasteiger partial charge >= 0.3 is 0 Å². The van der Waals surface area contributed by atoms with Crippen LogP contribution in [0.5, 0.6) is 0 Å². The van der Waals surface area contributed by atoms with Crippen LogP contribution in [0.2, 0.25) is 0 Å². The predicted molar refractivity (Wildman–Crippen MR) is 43.9 cm³/mol. The van der Waals surface area contributed by atoms with Crippen molar-refractivity contribution in [1.82, 2.24) is 0 Å². The number of halogens is 1. The van der Waals surface area contributed by atoms with E-state index in [9.17, 15) is 12.8 Å². The largest absolute Gasteiger partial charge is 0.227 e. The first-order valence-electron chi connectivity index (χ1n) is 3.68. The van der Waals surface area contributed by atoms with Gasteiger partial charge in [-0.05, 0) is 27.2 Å². The molecule has 0 aliphatic rings. The Labute approximate surface area is 67.7 Å². The number of alkyl halides is 1. The molecule has 0 heterocycles. The summed E-state index contributed by atoms with van der Waals surface area (Å²) in [4.78, 5) is 0. The molecule has 1 atom stereocenters. The third-order valence-electron chi connectivity index (χ3n) is 1.85. The Balaban J connectivity index is 4.85. The van der Waals surface area contributed by atoms with E-state index in [2.05, 4.69) is 0 Å². The molecule has 68 valence electrons. The van der Waals surface area contributed by atoms with Crippen molar-refractivity contribution in [2.24, 2.45) is 0 Å². The van der Waals surface area contributed by atoms with Gasteiger partial charge in [-0.3, -0.25) is 0 Å². The lowest BCUT2D eigenvalue weighted by Crippen LogP contribution is -2.35. The van der Waals surface area contributed by atoms with E-state index in [1.807, 2.05) is 0 Å². The summed E-state index contributed by atoms with van der Waals surface area (Å²) in [6.45, 7) is 5.62. The van der Waals surface area contributed by atoms with Crippen LogP contribution >= 0.6 is 0 Å². The van der Waals surface area contributed by atoms with Crippen LogP contribution in [0.3, 0.4) is 0 Å². The first-order chi connectivity index (χ1) is 4.75. The third-order valence-corrected chi connectivity index (χ3v) is 4.56. The molecule has 0 aliphatic carbocycles. The summed E-state index contributed by atoms with van der Waals surface area (Å²) in [5.74, 6) is 0. The smallest absolute Gasteiger partial charge is 0.208 e. The summed E-state index contributed by atoms with van der Waals surface area (Å²) in [6.07, 6.45) is 0.00745. The summed E-state index contributed by atoms with van der Waals surface area (Å²) in [6, 6.07) is 0. The van der Waals surface area contributed by atoms with Gasteiger partial charge in [-0.2, -0.15) is 0 Å². The van der Waals surface area contributed by atoms with E-state index >= 15 is 0 Å². The zero-order chi connectivity index (χ0) is 9.28. The van der Waals surface area contributed by atoms with Gasteiger partial charge in [0.25, 0.3) is 0 Å². The van der Waals surface area contributed by atoms with Crippen molar-refractivity contribution in [3.63, 3.8) is 0 Å². The van der Waals surface area contributed by atoms with Crippen molar-refractivity contribution in [1.29, 1.82) is 0 Å². The highest BCUT2D eigenvalue weighted by Gasteiger charge is 2.39. The number of rotatable bonds is 3. The lowest BCUT2D eigenvalue weighted by Gasteiger charge is -2.21. The zero-order valence-electron chi connectivity index (χ0n) is 7.39. The Morgan fingerprint density at radius 1 is 1.45 bits per heavy atom. The molecule has 1 unspecified atom stereocenters. The molecule has 11 heavy (non-hydrogen) atoms. The minimum atomic E-state index is -3.59. The molecule has 0 bridgehead atoms. The van der Waals surface area contributed by atoms with Crippen molar-refractivity contribution in [2.75, 3.05) is 0 Å². The topological polar surface area (TPSA) is 34.1 Å². The normalized spacial score (nSPS) is 18.4. The molecule has 0 N–H and O–H groups in total.